The summed E-state index contributed by atoms with van der Waals surface area (Å²) < 4.78 is 1.74. The SMILES string of the molecule is CCn1nccc1C(=O)N1C[C@H]2CN(Cc3ccccc3)C[C@@]2(CO)C1. The summed E-state index contributed by atoms with van der Waals surface area (Å²) in [6, 6.07) is 12.2. The number of likely N-dealkylation sites (tertiary alicyclic amines) is 2. The van der Waals surface area contributed by atoms with Gasteiger partial charge in [-0.3, -0.25) is 14.4 Å². The fraction of sp³-hybridized carbons (Fsp3) is 0.500. The number of aromatic nitrogens is 2. The number of rotatable bonds is 5. The number of carbonyl (C=O) groups excluding carboxylic acids is 1. The van der Waals surface area contributed by atoms with Crippen molar-refractivity contribution in [3.05, 3.63) is 53.9 Å². The highest BCUT2D eigenvalue weighted by Crippen LogP contribution is 2.43. The first kappa shape index (κ1) is 17.2. The number of aliphatic hydroxyl groups excluding tert-OH is 1. The predicted molar refractivity (Wildman–Crippen MR) is 98.5 cm³/mol. The Morgan fingerprint density at radius 2 is 2.04 bits per heavy atom. The molecule has 2 aliphatic heterocycles. The van der Waals surface area contributed by atoms with Crippen molar-refractivity contribution in [2.24, 2.45) is 11.3 Å². The Hall–Kier alpha value is -2.18. The van der Waals surface area contributed by atoms with Gasteiger partial charge in [-0.25, -0.2) is 0 Å². The smallest absolute Gasteiger partial charge is 0.272 e. The van der Waals surface area contributed by atoms with Gasteiger partial charge in [0.15, 0.2) is 0 Å². The molecule has 1 N–H and O–H groups in total. The highest BCUT2D eigenvalue weighted by Gasteiger charge is 2.53. The monoisotopic (exact) mass is 354 g/mol. The van der Waals surface area contributed by atoms with E-state index in [4.69, 9.17) is 0 Å². The Morgan fingerprint density at radius 3 is 2.73 bits per heavy atom. The molecule has 6 nitrogen and oxygen atoms in total. The van der Waals surface area contributed by atoms with Crippen molar-refractivity contribution in [1.82, 2.24) is 19.6 Å². The molecule has 1 amide bonds. The van der Waals surface area contributed by atoms with Crippen LogP contribution in [0.25, 0.3) is 0 Å². The number of aliphatic hydroxyl groups is 1. The second kappa shape index (κ2) is 6.85. The average Bonchev–Trinajstić information content (AvgIpc) is 3.34. The standard InChI is InChI=1S/C20H26N4O2/c1-2-24-18(8-9-21-24)19(26)23-12-17-11-22(13-20(17,14-23)15-25)10-16-6-4-3-5-7-16/h3-9,17,25H,2,10-15H2,1H3/t17-,20+/m1/s1. The molecule has 2 atom stereocenters. The Morgan fingerprint density at radius 1 is 1.23 bits per heavy atom. The minimum absolute atomic E-state index is 0.0289. The summed E-state index contributed by atoms with van der Waals surface area (Å²) in [5.41, 5.74) is 1.73. The van der Waals surface area contributed by atoms with Crippen molar-refractivity contribution in [2.75, 3.05) is 32.8 Å². The van der Waals surface area contributed by atoms with Crippen molar-refractivity contribution in [2.45, 2.75) is 20.0 Å². The molecule has 2 aromatic rings. The van der Waals surface area contributed by atoms with Crippen LogP contribution in [0.3, 0.4) is 0 Å². The molecule has 2 fully saturated rings. The molecule has 0 bridgehead atoms. The summed E-state index contributed by atoms with van der Waals surface area (Å²) in [5.74, 6) is 0.347. The Labute approximate surface area is 154 Å². The van der Waals surface area contributed by atoms with Gasteiger partial charge in [0.1, 0.15) is 5.69 Å². The number of hydrogen-bond acceptors (Lipinski definition) is 4. The van der Waals surface area contributed by atoms with E-state index in [0.29, 0.717) is 31.2 Å². The molecule has 1 aromatic carbocycles. The van der Waals surface area contributed by atoms with Crippen LogP contribution in [0.5, 0.6) is 0 Å². The van der Waals surface area contributed by atoms with Gasteiger partial charge in [-0.1, -0.05) is 30.3 Å². The Bertz CT molecular complexity index is 775. The van der Waals surface area contributed by atoms with Gasteiger partial charge in [-0.2, -0.15) is 5.10 Å². The largest absolute Gasteiger partial charge is 0.396 e. The van der Waals surface area contributed by atoms with Gasteiger partial charge in [0.05, 0.1) is 6.61 Å². The molecule has 2 saturated heterocycles. The minimum atomic E-state index is -0.207. The van der Waals surface area contributed by atoms with Crippen molar-refractivity contribution in [3.8, 4) is 0 Å². The average molecular weight is 354 g/mol. The van der Waals surface area contributed by atoms with Crippen molar-refractivity contribution in [3.63, 3.8) is 0 Å². The summed E-state index contributed by atoms with van der Waals surface area (Å²) in [6.45, 7) is 6.77. The van der Waals surface area contributed by atoms with E-state index < -0.39 is 0 Å². The lowest BCUT2D eigenvalue weighted by atomic mass is 9.82. The van der Waals surface area contributed by atoms with E-state index in [1.54, 1.807) is 16.9 Å². The molecule has 0 saturated carbocycles. The van der Waals surface area contributed by atoms with Gasteiger partial charge in [0.25, 0.3) is 5.91 Å². The second-order valence-corrected chi connectivity index (χ2v) is 7.59. The van der Waals surface area contributed by atoms with Crippen LogP contribution in [0.4, 0.5) is 0 Å². The lowest BCUT2D eigenvalue weighted by molar-refractivity contribution is 0.0707. The zero-order valence-electron chi connectivity index (χ0n) is 15.2. The van der Waals surface area contributed by atoms with Crippen LogP contribution in [-0.4, -0.2) is 63.4 Å². The first-order chi connectivity index (χ1) is 12.6. The van der Waals surface area contributed by atoms with E-state index in [1.165, 1.54) is 5.56 Å². The van der Waals surface area contributed by atoms with E-state index in [1.807, 2.05) is 17.9 Å². The van der Waals surface area contributed by atoms with E-state index >= 15 is 0 Å². The topological polar surface area (TPSA) is 61.6 Å². The molecule has 6 heteroatoms. The molecule has 0 spiro atoms. The fourth-order valence-corrected chi connectivity index (χ4v) is 4.56. The molecule has 0 unspecified atom stereocenters. The summed E-state index contributed by atoms with van der Waals surface area (Å²) in [7, 11) is 0. The third kappa shape index (κ3) is 2.93. The Kier molecular flexibility index (Phi) is 4.54. The van der Waals surface area contributed by atoms with Gasteiger partial charge in [-0.15, -0.1) is 0 Å². The highest BCUT2D eigenvalue weighted by molar-refractivity contribution is 5.92. The zero-order valence-corrected chi connectivity index (χ0v) is 15.2. The molecule has 0 radical (unpaired) electrons. The fourth-order valence-electron chi connectivity index (χ4n) is 4.56. The van der Waals surface area contributed by atoms with Crippen LogP contribution in [0, 0.1) is 11.3 Å². The molecule has 1 aromatic heterocycles. The zero-order chi connectivity index (χ0) is 18.1. The van der Waals surface area contributed by atoms with Crippen LogP contribution >= 0.6 is 0 Å². The van der Waals surface area contributed by atoms with Crippen LogP contribution in [0.15, 0.2) is 42.6 Å². The lowest BCUT2D eigenvalue weighted by Crippen LogP contribution is -2.39. The van der Waals surface area contributed by atoms with E-state index in [0.717, 1.165) is 19.6 Å². The van der Waals surface area contributed by atoms with Crippen LogP contribution in [0.2, 0.25) is 0 Å². The van der Waals surface area contributed by atoms with Crippen molar-refractivity contribution >= 4 is 5.91 Å². The van der Waals surface area contributed by atoms with Gasteiger partial charge in [-0.05, 0) is 24.5 Å². The minimum Gasteiger partial charge on any atom is -0.396 e. The van der Waals surface area contributed by atoms with E-state index in [9.17, 15) is 9.90 Å². The van der Waals surface area contributed by atoms with Gasteiger partial charge >= 0.3 is 0 Å². The number of nitrogens with zero attached hydrogens (tertiary/aromatic N) is 4. The van der Waals surface area contributed by atoms with Crippen molar-refractivity contribution < 1.29 is 9.90 Å². The Balaban J connectivity index is 1.46. The van der Waals surface area contributed by atoms with Crippen molar-refractivity contribution in [1.29, 1.82) is 0 Å². The normalized spacial score (nSPS) is 25.6. The summed E-state index contributed by atoms with van der Waals surface area (Å²) >= 11 is 0. The first-order valence-electron chi connectivity index (χ1n) is 9.33. The molecule has 4 rings (SSSR count). The van der Waals surface area contributed by atoms with E-state index in [-0.39, 0.29) is 17.9 Å². The van der Waals surface area contributed by atoms with Gasteiger partial charge < -0.3 is 10.0 Å². The number of fused-ring (bicyclic) bond motifs is 1. The lowest BCUT2D eigenvalue weighted by Gasteiger charge is -2.27. The third-order valence-corrected chi connectivity index (χ3v) is 5.92. The maximum atomic E-state index is 12.9. The maximum absolute atomic E-state index is 12.9. The number of benzene rings is 1. The summed E-state index contributed by atoms with van der Waals surface area (Å²) in [6.07, 6.45) is 1.68. The predicted octanol–water partition coefficient (Wildman–Crippen LogP) is 1.47. The third-order valence-electron chi connectivity index (χ3n) is 5.92. The van der Waals surface area contributed by atoms with Crippen LogP contribution < -0.4 is 0 Å². The van der Waals surface area contributed by atoms with Crippen LogP contribution in [-0.2, 0) is 13.1 Å². The van der Waals surface area contributed by atoms with E-state index in [2.05, 4.69) is 34.3 Å². The van der Waals surface area contributed by atoms with Gasteiger partial charge in [0, 0.05) is 50.9 Å². The molecule has 0 aliphatic carbocycles. The van der Waals surface area contributed by atoms with Gasteiger partial charge in [0.2, 0.25) is 0 Å². The number of carbonyl (C=O) groups is 1. The molecule has 26 heavy (non-hydrogen) atoms. The molecule has 3 heterocycles. The quantitative estimate of drug-likeness (QED) is 0.883. The molecular weight excluding hydrogens is 328 g/mol. The summed E-state index contributed by atoms with van der Waals surface area (Å²) in [5, 5.41) is 14.4. The number of aryl methyl sites for hydroxylation is 1. The molecule has 2 aliphatic rings. The maximum Gasteiger partial charge on any atom is 0.272 e. The number of amides is 1. The van der Waals surface area contributed by atoms with Crippen LogP contribution in [0.1, 0.15) is 23.0 Å². The molecule has 138 valence electrons. The second-order valence-electron chi connectivity index (χ2n) is 7.59. The highest BCUT2D eigenvalue weighted by atomic mass is 16.3. The first-order valence-corrected chi connectivity index (χ1v) is 9.33. The number of hydrogen-bond donors (Lipinski definition) is 1. The molecular formula is C20H26N4O2. The summed E-state index contributed by atoms with van der Waals surface area (Å²) in [4.78, 5) is 17.2.